The van der Waals surface area contributed by atoms with Gasteiger partial charge in [-0.1, -0.05) is 12.1 Å². The van der Waals surface area contributed by atoms with Crippen molar-refractivity contribution in [1.82, 2.24) is 4.90 Å². The van der Waals surface area contributed by atoms with Crippen molar-refractivity contribution >= 4 is 17.7 Å². The summed E-state index contributed by atoms with van der Waals surface area (Å²) in [4.78, 5) is 18.5. The molecule has 1 aromatic carbocycles. The molecule has 1 amide bonds. The van der Waals surface area contributed by atoms with Gasteiger partial charge in [0.2, 0.25) is 0 Å². The lowest BCUT2D eigenvalue weighted by molar-refractivity contribution is 0.0163. The molecule has 0 saturated carbocycles. The third-order valence-electron chi connectivity index (χ3n) is 4.28. The third kappa shape index (κ3) is 6.94. The normalized spacial score (nSPS) is 18.5. The first kappa shape index (κ1) is 20.1. The summed E-state index contributed by atoms with van der Waals surface area (Å²) >= 11 is 0. The molecule has 1 aliphatic rings. The van der Waals surface area contributed by atoms with Crippen LogP contribution >= 0.6 is 0 Å². The number of nitrogens with zero attached hydrogens (tertiary/aromatic N) is 2. The number of hydrogen-bond donors (Lipinski definition) is 2. The van der Waals surface area contributed by atoms with Gasteiger partial charge < -0.3 is 20.7 Å². The van der Waals surface area contributed by atoms with Crippen molar-refractivity contribution in [1.29, 1.82) is 0 Å². The predicted octanol–water partition coefficient (Wildman–Crippen LogP) is 3.76. The number of aliphatic imine (C=N–C) groups is 1. The molecular formula is C20H32N4O2. The van der Waals surface area contributed by atoms with Gasteiger partial charge in [0.15, 0.2) is 5.96 Å². The highest BCUT2D eigenvalue weighted by atomic mass is 16.6. The van der Waals surface area contributed by atoms with Gasteiger partial charge in [0.05, 0.1) is 0 Å². The average Bonchev–Trinajstić information content (AvgIpc) is 2.53. The lowest BCUT2D eigenvalue weighted by atomic mass is 9.95. The number of benzene rings is 1. The van der Waals surface area contributed by atoms with Crippen LogP contribution in [0, 0.1) is 12.8 Å². The summed E-state index contributed by atoms with van der Waals surface area (Å²) in [5.74, 6) is 0.863. The van der Waals surface area contributed by atoms with Crippen LogP contribution in [0.1, 0.15) is 45.6 Å². The maximum atomic E-state index is 12.2. The smallest absolute Gasteiger partial charge is 0.410 e. The molecular weight excluding hydrogens is 328 g/mol. The van der Waals surface area contributed by atoms with Crippen molar-refractivity contribution in [2.75, 3.05) is 25.0 Å². The molecule has 1 heterocycles. The summed E-state index contributed by atoms with van der Waals surface area (Å²) < 4.78 is 5.47. The molecule has 0 aliphatic carbocycles. The molecule has 1 unspecified atom stereocenters. The second-order valence-corrected chi connectivity index (χ2v) is 7.98. The number of piperidine rings is 1. The molecule has 1 aromatic rings. The summed E-state index contributed by atoms with van der Waals surface area (Å²) in [6.45, 7) is 9.87. The number of carbonyl (C=O) groups excluding carboxylic acids is 1. The molecule has 6 nitrogen and oxygen atoms in total. The molecule has 26 heavy (non-hydrogen) atoms. The van der Waals surface area contributed by atoms with Crippen LogP contribution in [0.2, 0.25) is 0 Å². The Morgan fingerprint density at radius 3 is 2.88 bits per heavy atom. The van der Waals surface area contributed by atoms with Crippen LogP contribution in [0.3, 0.4) is 0 Å². The first-order valence-corrected chi connectivity index (χ1v) is 9.34. The molecule has 1 fully saturated rings. The summed E-state index contributed by atoms with van der Waals surface area (Å²) in [6, 6.07) is 8.02. The summed E-state index contributed by atoms with van der Waals surface area (Å²) in [6.07, 6.45) is 2.81. The minimum atomic E-state index is -0.454. The zero-order valence-corrected chi connectivity index (χ0v) is 16.4. The number of guanidine groups is 1. The van der Waals surface area contributed by atoms with Gasteiger partial charge in [0.25, 0.3) is 0 Å². The van der Waals surface area contributed by atoms with Crippen molar-refractivity contribution in [3.05, 3.63) is 29.8 Å². The number of hydrogen-bond acceptors (Lipinski definition) is 3. The number of likely N-dealkylation sites (tertiary alicyclic amines) is 1. The number of aryl methyl sites for hydroxylation is 1. The van der Waals surface area contributed by atoms with Gasteiger partial charge in [-0.15, -0.1) is 0 Å². The van der Waals surface area contributed by atoms with Gasteiger partial charge in [-0.25, -0.2) is 4.79 Å². The number of amides is 1. The van der Waals surface area contributed by atoms with Crippen LogP contribution in [0.4, 0.5) is 10.5 Å². The lowest BCUT2D eigenvalue weighted by Crippen LogP contribution is -2.43. The van der Waals surface area contributed by atoms with Crippen LogP contribution in [-0.4, -0.2) is 42.2 Å². The number of rotatable bonds is 4. The summed E-state index contributed by atoms with van der Waals surface area (Å²) in [5.41, 5.74) is 7.63. The van der Waals surface area contributed by atoms with Crippen LogP contribution in [-0.2, 0) is 4.74 Å². The Morgan fingerprint density at radius 2 is 2.19 bits per heavy atom. The van der Waals surface area contributed by atoms with E-state index in [1.807, 2.05) is 56.9 Å². The van der Waals surface area contributed by atoms with Crippen molar-refractivity contribution in [2.24, 2.45) is 16.6 Å². The van der Waals surface area contributed by atoms with E-state index in [2.05, 4.69) is 10.3 Å². The first-order valence-electron chi connectivity index (χ1n) is 9.34. The number of ether oxygens (including phenoxy) is 1. The highest BCUT2D eigenvalue weighted by Gasteiger charge is 2.27. The van der Waals surface area contributed by atoms with Crippen molar-refractivity contribution in [2.45, 2.75) is 52.6 Å². The molecule has 1 saturated heterocycles. The Balaban J connectivity index is 1.78. The fraction of sp³-hybridized carbons (Fsp3) is 0.600. The van der Waals surface area contributed by atoms with E-state index in [0.717, 1.165) is 38.0 Å². The Labute approximate surface area is 156 Å². The van der Waals surface area contributed by atoms with Crippen LogP contribution < -0.4 is 11.1 Å². The fourth-order valence-corrected chi connectivity index (χ4v) is 3.07. The standard InChI is InChI=1S/C20H32N4O2/c1-15-7-5-9-17(13-15)23-18(21)22-11-10-16-8-6-12-24(14-16)19(25)26-20(2,3)4/h5,7,9,13,16H,6,8,10-12,14H2,1-4H3,(H3,21,22,23). The van der Waals surface area contributed by atoms with E-state index in [0.29, 0.717) is 18.4 Å². The van der Waals surface area contributed by atoms with Crippen LogP contribution in [0.5, 0.6) is 0 Å². The molecule has 0 spiro atoms. The number of carbonyl (C=O) groups is 1. The highest BCUT2D eigenvalue weighted by Crippen LogP contribution is 2.21. The molecule has 3 N–H and O–H groups in total. The first-order chi connectivity index (χ1) is 12.2. The van der Waals surface area contributed by atoms with E-state index in [1.54, 1.807) is 0 Å². The van der Waals surface area contributed by atoms with Gasteiger partial charge in [0.1, 0.15) is 5.60 Å². The Kier molecular flexibility index (Phi) is 6.89. The van der Waals surface area contributed by atoms with Crippen molar-refractivity contribution in [3.8, 4) is 0 Å². The Hall–Kier alpha value is -2.24. The predicted molar refractivity (Wildman–Crippen MR) is 106 cm³/mol. The van der Waals surface area contributed by atoms with E-state index in [-0.39, 0.29) is 6.09 Å². The van der Waals surface area contributed by atoms with Crippen LogP contribution in [0.15, 0.2) is 29.3 Å². The van der Waals surface area contributed by atoms with Gasteiger partial charge >= 0.3 is 6.09 Å². The topological polar surface area (TPSA) is 80.0 Å². The Morgan fingerprint density at radius 1 is 1.42 bits per heavy atom. The Bertz CT molecular complexity index is 637. The molecule has 0 aromatic heterocycles. The third-order valence-corrected chi connectivity index (χ3v) is 4.28. The molecule has 144 valence electrons. The maximum Gasteiger partial charge on any atom is 0.410 e. The average molecular weight is 361 g/mol. The molecule has 0 radical (unpaired) electrons. The van der Waals surface area contributed by atoms with Crippen LogP contribution in [0.25, 0.3) is 0 Å². The quantitative estimate of drug-likeness (QED) is 0.633. The molecule has 1 aliphatic heterocycles. The number of nitrogens with one attached hydrogen (secondary N) is 1. The van der Waals surface area contributed by atoms with Crippen molar-refractivity contribution in [3.63, 3.8) is 0 Å². The van der Waals surface area contributed by atoms with Gasteiger partial charge in [-0.2, -0.15) is 0 Å². The zero-order chi connectivity index (χ0) is 19.2. The molecule has 0 bridgehead atoms. The zero-order valence-electron chi connectivity index (χ0n) is 16.4. The van der Waals surface area contributed by atoms with Crippen molar-refractivity contribution < 1.29 is 9.53 Å². The monoisotopic (exact) mass is 360 g/mol. The number of anilines is 1. The molecule has 6 heteroatoms. The van der Waals surface area contributed by atoms with Gasteiger partial charge in [-0.05, 0) is 70.6 Å². The number of nitrogens with two attached hydrogens (primary N) is 1. The van der Waals surface area contributed by atoms with E-state index in [9.17, 15) is 4.79 Å². The molecule has 1 atom stereocenters. The van der Waals surface area contributed by atoms with E-state index in [1.165, 1.54) is 5.56 Å². The molecule has 2 rings (SSSR count). The highest BCUT2D eigenvalue weighted by molar-refractivity contribution is 5.92. The lowest BCUT2D eigenvalue weighted by Gasteiger charge is -2.34. The van der Waals surface area contributed by atoms with Gasteiger partial charge in [-0.3, -0.25) is 4.99 Å². The minimum Gasteiger partial charge on any atom is -0.444 e. The maximum absolute atomic E-state index is 12.2. The summed E-state index contributed by atoms with van der Waals surface area (Å²) in [7, 11) is 0. The minimum absolute atomic E-state index is 0.216. The van der Waals surface area contributed by atoms with E-state index in [4.69, 9.17) is 10.5 Å². The van der Waals surface area contributed by atoms with E-state index >= 15 is 0 Å². The largest absolute Gasteiger partial charge is 0.444 e. The fourth-order valence-electron chi connectivity index (χ4n) is 3.07. The second-order valence-electron chi connectivity index (χ2n) is 7.98. The summed E-state index contributed by atoms with van der Waals surface area (Å²) in [5, 5.41) is 3.12. The van der Waals surface area contributed by atoms with Gasteiger partial charge in [0, 0.05) is 25.3 Å². The van der Waals surface area contributed by atoms with E-state index < -0.39 is 5.60 Å². The SMILES string of the molecule is Cc1cccc(NC(N)=NCCC2CCCN(C(=O)OC(C)(C)C)C2)c1. The second kappa shape index (κ2) is 8.92.